The number of nitrogens with zero attached hydrogens (tertiary/aromatic N) is 1. The van der Waals surface area contributed by atoms with Gasteiger partial charge in [0.05, 0.1) is 5.25 Å². The molecular weight excluding hydrogens is 238 g/mol. The van der Waals surface area contributed by atoms with Crippen LogP contribution >= 0.6 is 11.8 Å². The molecule has 1 amide bonds. The fourth-order valence-corrected chi connectivity index (χ4v) is 2.53. The van der Waals surface area contributed by atoms with Crippen LogP contribution in [0.15, 0.2) is 0 Å². The maximum atomic E-state index is 12.0. The second-order valence-corrected chi connectivity index (χ2v) is 5.47. The number of rotatable bonds is 9. The van der Waals surface area contributed by atoms with Gasteiger partial charge in [0.1, 0.15) is 6.54 Å². The molecule has 0 saturated heterocycles. The van der Waals surface area contributed by atoms with Crippen molar-refractivity contribution in [2.45, 2.75) is 45.3 Å². The second kappa shape index (κ2) is 9.33. The molecule has 17 heavy (non-hydrogen) atoms. The van der Waals surface area contributed by atoms with Gasteiger partial charge >= 0.3 is 5.97 Å². The average molecular weight is 261 g/mol. The Labute approximate surface area is 108 Å². The van der Waals surface area contributed by atoms with Gasteiger partial charge in [0.2, 0.25) is 5.91 Å². The van der Waals surface area contributed by atoms with Crippen molar-refractivity contribution in [1.82, 2.24) is 4.90 Å². The van der Waals surface area contributed by atoms with E-state index in [0.717, 1.165) is 25.0 Å². The number of carboxylic acid groups (broad SMARTS) is 1. The number of carbonyl (C=O) groups is 2. The van der Waals surface area contributed by atoms with Crippen LogP contribution in [0.2, 0.25) is 0 Å². The van der Waals surface area contributed by atoms with Gasteiger partial charge in [0.25, 0.3) is 0 Å². The Morgan fingerprint density at radius 2 is 1.94 bits per heavy atom. The second-order valence-electron chi connectivity index (χ2n) is 4.02. The Morgan fingerprint density at radius 1 is 1.29 bits per heavy atom. The van der Waals surface area contributed by atoms with Gasteiger partial charge in [-0.2, -0.15) is 0 Å². The Morgan fingerprint density at radius 3 is 2.41 bits per heavy atom. The van der Waals surface area contributed by atoms with Gasteiger partial charge in [-0.3, -0.25) is 9.59 Å². The van der Waals surface area contributed by atoms with E-state index in [4.69, 9.17) is 5.11 Å². The molecule has 0 fully saturated rings. The minimum absolute atomic E-state index is 0.0599. The van der Waals surface area contributed by atoms with Crippen molar-refractivity contribution in [3.8, 4) is 0 Å². The van der Waals surface area contributed by atoms with Crippen molar-refractivity contribution in [3.05, 3.63) is 0 Å². The molecule has 0 spiro atoms. The Balaban J connectivity index is 4.22. The lowest BCUT2D eigenvalue weighted by molar-refractivity contribution is -0.144. The van der Waals surface area contributed by atoms with Crippen molar-refractivity contribution >= 4 is 23.6 Å². The average Bonchev–Trinajstić information content (AvgIpc) is 2.27. The molecule has 5 heteroatoms. The van der Waals surface area contributed by atoms with Crippen molar-refractivity contribution < 1.29 is 14.7 Å². The van der Waals surface area contributed by atoms with Gasteiger partial charge in [-0.05, 0) is 25.5 Å². The predicted octanol–water partition coefficient (Wildman–Crippen LogP) is 2.23. The van der Waals surface area contributed by atoms with Crippen molar-refractivity contribution in [2.24, 2.45) is 0 Å². The summed E-state index contributed by atoms with van der Waals surface area (Å²) in [5.74, 6) is -0.0518. The number of hydrogen-bond donors (Lipinski definition) is 1. The molecule has 0 aliphatic heterocycles. The summed E-state index contributed by atoms with van der Waals surface area (Å²) in [4.78, 5) is 24.1. The van der Waals surface area contributed by atoms with Crippen molar-refractivity contribution in [3.63, 3.8) is 0 Å². The number of thioether (sulfide) groups is 1. The molecule has 0 aromatic rings. The normalized spacial score (nSPS) is 12.2. The lowest BCUT2D eigenvalue weighted by Gasteiger charge is -2.23. The first kappa shape index (κ1) is 16.3. The number of amides is 1. The summed E-state index contributed by atoms with van der Waals surface area (Å²) in [5, 5.41) is 8.61. The number of unbranched alkanes of at least 4 members (excludes halogenated alkanes) is 1. The summed E-state index contributed by atoms with van der Waals surface area (Å²) >= 11 is 1.61. The molecule has 0 aromatic heterocycles. The van der Waals surface area contributed by atoms with Gasteiger partial charge in [0.15, 0.2) is 0 Å². The van der Waals surface area contributed by atoms with Crippen LogP contribution < -0.4 is 0 Å². The highest BCUT2D eigenvalue weighted by Crippen LogP contribution is 2.15. The predicted molar refractivity (Wildman–Crippen MR) is 71.3 cm³/mol. The number of carboxylic acids is 1. The van der Waals surface area contributed by atoms with Gasteiger partial charge in [-0.25, -0.2) is 0 Å². The third-order valence-corrected chi connectivity index (χ3v) is 3.57. The summed E-state index contributed by atoms with van der Waals surface area (Å²) < 4.78 is 0. The monoisotopic (exact) mass is 261 g/mol. The zero-order valence-corrected chi connectivity index (χ0v) is 11.8. The minimum Gasteiger partial charge on any atom is -0.480 e. The number of aliphatic carboxylic acids is 1. The molecule has 0 rings (SSSR count). The maximum absolute atomic E-state index is 12.0. The molecule has 1 unspecified atom stereocenters. The first-order valence-corrected chi connectivity index (χ1v) is 7.19. The van der Waals surface area contributed by atoms with Crippen LogP contribution in [0.25, 0.3) is 0 Å². The zero-order chi connectivity index (χ0) is 13.3. The highest BCUT2D eigenvalue weighted by atomic mass is 32.2. The van der Waals surface area contributed by atoms with Crippen LogP contribution in [-0.4, -0.2) is 46.0 Å². The summed E-state index contributed by atoms with van der Waals surface area (Å²) in [6.07, 6.45) is 2.99. The summed E-state index contributed by atoms with van der Waals surface area (Å²) in [7, 11) is 0. The van der Waals surface area contributed by atoms with Crippen molar-refractivity contribution in [2.75, 3.05) is 18.8 Å². The maximum Gasteiger partial charge on any atom is 0.323 e. The zero-order valence-electron chi connectivity index (χ0n) is 10.9. The van der Waals surface area contributed by atoms with E-state index in [-0.39, 0.29) is 17.7 Å². The SMILES string of the molecule is CCCCSC(C)C(=O)N(CCC)CC(=O)O. The smallest absolute Gasteiger partial charge is 0.323 e. The van der Waals surface area contributed by atoms with Gasteiger partial charge in [-0.15, -0.1) is 11.8 Å². The van der Waals surface area contributed by atoms with E-state index in [2.05, 4.69) is 6.92 Å². The summed E-state index contributed by atoms with van der Waals surface area (Å²) in [6, 6.07) is 0. The molecule has 1 N–H and O–H groups in total. The third-order valence-electron chi connectivity index (χ3n) is 2.34. The summed E-state index contributed by atoms with van der Waals surface area (Å²) in [6.45, 7) is 6.24. The lowest BCUT2D eigenvalue weighted by Crippen LogP contribution is -2.40. The fraction of sp³-hybridized carbons (Fsp3) is 0.833. The first-order valence-electron chi connectivity index (χ1n) is 6.15. The topological polar surface area (TPSA) is 57.6 Å². The highest BCUT2D eigenvalue weighted by molar-refractivity contribution is 8.00. The third kappa shape index (κ3) is 7.26. The molecule has 0 saturated carbocycles. The first-order chi connectivity index (χ1) is 8.02. The largest absolute Gasteiger partial charge is 0.480 e. The fourth-order valence-electron chi connectivity index (χ4n) is 1.43. The van der Waals surface area contributed by atoms with E-state index in [9.17, 15) is 9.59 Å². The van der Waals surface area contributed by atoms with E-state index in [0.29, 0.717) is 6.54 Å². The highest BCUT2D eigenvalue weighted by Gasteiger charge is 2.21. The van der Waals surface area contributed by atoms with E-state index in [1.807, 2.05) is 13.8 Å². The van der Waals surface area contributed by atoms with E-state index < -0.39 is 5.97 Å². The molecular formula is C12H23NO3S. The molecule has 4 nitrogen and oxygen atoms in total. The molecule has 0 aliphatic carbocycles. The Hall–Kier alpha value is -0.710. The van der Waals surface area contributed by atoms with Crippen LogP contribution in [0.1, 0.15) is 40.0 Å². The van der Waals surface area contributed by atoms with Crippen LogP contribution in [0.3, 0.4) is 0 Å². The van der Waals surface area contributed by atoms with Crippen LogP contribution in [0.5, 0.6) is 0 Å². The molecule has 0 aliphatic rings. The molecule has 0 aromatic carbocycles. The number of carbonyl (C=O) groups excluding carboxylic acids is 1. The lowest BCUT2D eigenvalue weighted by atomic mass is 10.3. The molecule has 1 atom stereocenters. The summed E-state index contributed by atoms with van der Waals surface area (Å²) in [5.41, 5.74) is 0. The molecule has 0 heterocycles. The van der Waals surface area contributed by atoms with Gasteiger partial charge in [-0.1, -0.05) is 20.3 Å². The van der Waals surface area contributed by atoms with Crippen LogP contribution in [0, 0.1) is 0 Å². The van der Waals surface area contributed by atoms with E-state index in [1.165, 1.54) is 4.90 Å². The van der Waals surface area contributed by atoms with E-state index >= 15 is 0 Å². The van der Waals surface area contributed by atoms with Gasteiger partial charge < -0.3 is 10.0 Å². The molecule has 0 bridgehead atoms. The van der Waals surface area contributed by atoms with Gasteiger partial charge in [0, 0.05) is 6.54 Å². The molecule has 0 radical (unpaired) electrons. The van der Waals surface area contributed by atoms with Crippen LogP contribution in [0.4, 0.5) is 0 Å². The quantitative estimate of drug-likeness (QED) is 0.647. The Bertz CT molecular complexity index is 246. The minimum atomic E-state index is -0.947. The van der Waals surface area contributed by atoms with E-state index in [1.54, 1.807) is 11.8 Å². The molecule has 100 valence electrons. The number of hydrogen-bond acceptors (Lipinski definition) is 3. The van der Waals surface area contributed by atoms with Crippen LogP contribution in [-0.2, 0) is 9.59 Å². The Kier molecular flexibility index (Phi) is 8.94. The van der Waals surface area contributed by atoms with Crippen molar-refractivity contribution in [1.29, 1.82) is 0 Å². The standard InChI is InChI=1S/C12H23NO3S/c1-4-6-8-17-10(3)12(16)13(7-5-2)9-11(14)15/h10H,4-9H2,1-3H3,(H,14,15).